The molecule has 0 aliphatic carbocycles. The molecule has 4 rings (SSSR count). The molecular weight excluding hydrogens is 424 g/mol. The standard InChI is InChI=1S/C24H30N4O3S/c1-31-24-21(18-32(2,29)30)9-6-10-23(24)20-11-13-27(14-12-20)16-22-17-28(26-25-22)15-19-7-4-3-5-8-19/h3-10,17,20H,11-16,18H2,1-2H3. The third-order valence-corrected chi connectivity index (χ3v) is 6.77. The first-order valence-electron chi connectivity index (χ1n) is 10.9. The molecular formula is C24H30N4O3S. The molecule has 0 unspecified atom stereocenters. The zero-order chi connectivity index (χ0) is 22.6. The summed E-state index contributed by atoms with van der Waals surface area (Å²) in [7, 11) is -1.50. The largest absolute Gasteiger partial charge is 0.496 e. The van der Waals surface area contributed by atoms with Crippen LogP contribution in [-0.4, -0.2) is 54.8 Å². The molecule has 32 heavy (non-hydrogen) atoms. The molecule has 8 heteroatoms. The zero-order valence-corrected chi connectivity index (χ0v) is 19.5. The van der Waals surface area contributed by atoms with Crippen molar-refractivity contribution in [1.29, 1.82) is 0 Å². The number of likely N-dealkylation sites (tertiary alicyclic amines) is 1. The predicted octanol–water partition coefficient (Wildman–Crippen LogP) is 3.26. The van der Waals surface area contributed by atoms with Gasteiger partial charge in [0.25, 0.3) is 0 Å². The first-order chi connectivity index (χ1) is 15.4. The molecule has 2 heterocycles. The van der Waals surface area contributed by atoms with E-state index in [1.54, 1.807) is 7.11 Å². The van der Waals surface area contributed by atoms with E-state index in [0.717, 1.165) is 61.6 Å². The second kappa shape index (κ2) is 9.83. The fourth-order valence-electron chi connectivity index (χ4n) is 4.46. The smallest absolute Gasteiger partial charge is 0.151 e. The van der Waals surface area contributed by atoms with Crippen molar-refractivity contribution in [2.45, 2.75) is 37.6 Å². The van der Waals surface area contributed by atoms with Gasteiger partial charge >= 0.3 is 0 Å². The molecule has 0 N–H and O–H groups in total. The van der Waals surface area contributed by atoms with Crippen LogP contribution in [-0.2, 0) is 28.7 Å². The monoisotopic (exact) mass is 454 g/mol. The first kappa shape index (κ1) is 22.5. The fourth-order valence-corrected chi connectivity index (χ4v) is 5.25. The van der Waals surface area contributed by atoms with E-state index in [0.29, 0.717) is 5.92 Å². The number of piperidine rings is 1. The number of nitrogens with zero attached hydrogens (tertiary/aromatic N) is 4. The van der Waals surface area contributed by atoms with Crippen molar-refractivity contribution in [3.05, 3.63) is 77.1 Å². The first-order valence-corrected chi connectivity index (χ1v) is 13.0. The van der Waals surface area contributed by atoms with Crippen LogP contribution in [0.2, 0.25) is 0 Å². The number of sulfone groups is 1. The molecule has 0 saturated carbocycles. The third kappa shape index (κ3) is 5.75. The highest BCUT2D eigenvalue weighted by atomic mass is 32.2. The Balaban J connectivity index is 1.36. The van der Waals surface area contributed by atoms with Crippen molar-refractivity contribution in [3.8, 4) is 5.75 Å². The number of para-hydroxylation sites is 1. The van der Waals surface area contributed by atoms with Gasteiger partial charge in [0, 0.05) is 18.4 Å². The summed E-state index contributed by atoms with van der Waals surface area (Å²) in [6.45, 7) is 3.41. The van der Waals surface area contributed by atoms with Gasteiger partial charge in [-0.2, -0.15) is 0 Å². The summed E-state index contributed by atoms with van der Waals surface area (Å²) in [6.07, 6.45) is 5.28. The number of rotatable bonds is 8. The molecule has 1 aliphatic rings. The molecule has 2 aromatic carbocycles. The van der Waals surface area contributed by atoms with Crippen molar-refractivity contribution in [2.24, 2.45) is 0 Å². The maximum atomic E-state index is 11.8. The van der Waals surface area contributed by atoms with Crippen LogP contribution in [0.5, 0.6) is 5.75 Å². The van der Waals surface area contributed by atoms with Gasteiger partial charge in [-0.25, -0.2) is 13.1 Å². The lowest BCUT2D eigenvalue weighted by molar-refractivity contribution is 0.201. The van der Waals surface area contributed by atoms with Gasteiger partial charge in [-0.3, -0.25) is 4.90 Å². The second-order valence-corrected chi connectivity index (χ2v) is 10.7. The summed E-state index contributed by atoms with van der Waals surface area (Å²) in [4.78, 5) is 2.40. The molecule has 0 amide bonds. The van der Waals surface area contributed by atoms with Crippen LogP contribution < -0.4 is 4.74 Å². The quantitative estimate of drug-likeness (QED) is 0.520. The summed E-state index contributed by atoms with van der Waals surface area (Å²) in [6, 6.07) is 16.1. The van der Waals surface area contributed by atoms with Gasteiger partial charge in [-0.1, -0.05) is 53.7 Å². The molecule has 1 aliphatic heterocycles. The number of hydrogen-bond donors (Lipinski definition) is 0. The van der Waals surface area contributed by atoms with E-state index in [1.165, 1.54) is 11.8 Å². The van der Waals surface area contributed by atoms with Crippen LogP contribution in [0.4, 0.5) is 0 Å². The topological polar surface area (TPSA) is 77.3 Å². The minimum absolute atomic E-state index is 0.00149. The minimum atomic E-state index is -3.12. The summed E-state index contributed by atoms with van der Waals surface area (Å²) in [5, 5.41) is 8.63. The van der Waals surface area contributed by atoms with E-state index in [2.05, 4.69) is 33.4 Å². The van der Waals surface area contributed by atoms with Gasteiger partial charge in [0.1, 0.15) is 5.75 Å². The number of hydrogen-bond acceptors (Lipinski definition) is 6. The molecule has 1 saturated heterocycles. The normalized spacial score (nSPS) is 15.7. The van der Waals surface area contributed by atoms with Crippen LogP contribution in [0, 0.1) is 0 Å². The fraction of sp³-hybridized carbons (Fsp3) is 0.417. The maximum absolute atomic E-state index is 11.8. The summed E-state index contributed by atoms with van der Waals surface area (Å²) in [5.41, 5.74) is 4.04. The van der Waals surface area contributed by atoms with Crippen LogP contribution in [0.1, 0.15) is 41.1 Å². The lowest BCUT2D eigenvalue weighted by atomic mass is 9.87. The molecule has 1 aromatic heterocycles. The van der Waals surface area contributed by atoms with Crippen molar-refractivity contribution in [1.82, 2.24) is 19.9 Å². The van der Waals surface area contributed by atoms with Gasteiger partial charge < -0.3 is 4.74 Å². The Kier molecular flexibility index (Phi) is 6.91. The Morgan fingerprint density at radius 1 is 1.03 bits per heavy atom. The lowest BCUT2D eigenvalue weighted by Gasteiger charge is -2.32. The Morgan fingerprint density at radius 2 is 1.78 bits per heavy atom. The minimum Gasteiger partial charge on any atom is -0.496 e. The van der Waals surface area contributed by atoms with Crippen molar-refractivity contribution in [2.75, 3.05) is 26.5 Å². The summed E-state index contributed by atoms with van der Waals surface area (Å²) in [5.74, 6) is 1.08. The van der Waals surface area contributed by atoms with Gasteiger partial charge in [0.05, 0.1) is 31.3 Å². The third-order valence-electron chi connectivity index (χ3n) is 5.94. The SMILES string of the molecule is COc1c(CS(C)(=O)=O)cccc1C1CCN(Cc2cn(Cc3ccccc3)nn2)CC1. The van der Waals surface area contributed by atoms with Gasteiger partial charge in [-0.05, 0) is 43.0 Å². The molecule has 0 radical (unpaired) electrons. The van der Waals surface area contributed by atoms with E-state index in [1.807, 2.05) is 41.2 Å². The van der Waals surface area contributed by atoms with Gasteiger partial charge in [0.2, 0.25) is 0 Å². The molecule has 170 valence electrons. The van der Waals surface area contributed by atoms with E-state index >= 15 is 0 Å². The van der Waals surface area contributed by atoms with Crippen molar-refractivity contribution >= 4 is 9.84 Å². The Hall–Kier alpha value is -2.71. The lowest BCUT2D eigenvalue weighted by Crippen LogP contribution is -2.32. The Bertz CT molecular complexity index is 1140. The molecule has 0 spiro atoms. The molecule has 0 bridgehead atoms. The van der Waals surface area contributed by atoms with Crippen LogP contribution in [0.25, 0.3) is 0 Å². The average molecular weight is 455 g/mol. The molecule has 0 atom stereocenters. The number of ether oxygens (including phenoxy) is 1. The van der Waals surface area contributed by atoms with E-state index in [4.69, 9.17) is 4.74 Å². The van der Waals surface area contributed by atoms with E-state index < -0.39 is 9.84 Å². The maximum Gasteiger partial charge on any atom is 0.151 e. The average Bonchev–Trinajstić information content (AvgIpc) is 3.20. The van der Waals surface area contributed by atoms with Crippen LogP contribution >= 0.6 is 0 Å². The number of methoxy groups -OCH3 is 1. The van der Waals surface area contributed by atoms with E-state index in [9.17, 15) is 8.42 Å². The molecule has 7 nitrogen and oxygen atoms in total. The number of benzene rings is 2. The highest BCUT2D eigenvalue weighted by Crippen LogP contribution is 2.37. The summed E-state index contributed by atoms with van der Waals surface area (Å²) >= 11 is 0. The van der Waals surface area contributed by atoms with Crippen molar-refractivity contribution < 1.29 is 13.2 Å². The highest BCUT2D eigenvalue weighted by molar-refractivity contribution is 7.89. The second-order valence-electron chi connectivity index (χ2n) is 8.55. The van der Waals surface area contributed by atoms with Crippen LogP contribution in [0.15, 0.2) is 54.7 Å². The Labute approximate surface area is 189 Å². The zero-order valence-electron chi connectivity index (χ0n) is 18.6. The predicted molar refractivity (Wildman–Crippen MR) is 124 cm³/mol. The van der Waals surface area contributed by atoms with Gasteiger partial charge in [-0.15, -0.1) is 5.10 Å². The van der Waals surface area contributed by atoms with E-state index in [-0.39, 0.29) is 5.75 Å². The number of aromatic nitrogens is 3. The summed E-state index contributed by atoms with van der Waals surface area (Å²) < 4.78 is 31.1. The highest BCUT2D eigenvalue weighted by Gasteiger charge is 2.25. The molecule has 3 aromatic rings. The Morgan fingerprint density at radius 3 is 2.47 bits per heavy atom. The molecule has 1 fully saturated rings. The van der Waals surface area contributed by atoms with Gasteiger partial charge in [0.15, 0.2) is 9.84 Å². The van der Waals surface area contributed by atoms with Crippen LogP contribution in [0.3, 0.4) is 0 Å². The van der Waals surface area contributed by atoms with Crippen molar-refractivity contribution in [3.63, 3.8) is 0 Å².